The molecule has 1 fully saturated rings. The van der Waals surface area contributed by atoms with Crippen LogP contribution in [0.2, 0.25) is 0 Å². The lowest BCUT2D eigenvalue weighted by Gasteiger charge is -2.27. The van der Waals surface area contributed by atoms with Crippen LogP contribution in [0.15, 0.2) is 24.3 Å². The van der Waals surface area contributed by atoms with Gasteiger partial charge in [-0.15, -0.1) is 0 Å². The summed E-state index contributed by atoms with van der Waals surface area (Å²) < 4.78 is 0. The molecule has 0 atom stereocenters. The Labute approximate surface area is 123 Å². The second-order valence-corrected chi connectivity index (χ2v) is 5.22. The molecule has 0 unspecified atom stereocenters. The predicted octanol–water partition coefficient (Wildman–Crippen LogP) is 1.91. The van der Waals surface area contributed by atoms with Gasteiger partial charge in [0, 0.05) is 19.3 Å². The van der Waals surface area contributed by atoms with Gasteiger partial charge in [-0.2, -0.15) is 5.26 Å². The molecular weight excluding hydrogens is 270 g/mol. The Bertz CT molecular complexity index is 590. The zero-order valence-corrected chi connectivity index (χ0v) is 11.8. The number of anilines is 1. The molecule has 21 heavy (non-hydrogen) atoms. The third-order valence-electron chi connectivity index (χ3n) is 3.42. The fourth-order valence-electron chi connectivity index (χ4n) is 2.09. The number of carbonyl (C=O) groups excluding carboxylic acids is 1. The highest BCUT2D eigenvalue weighted by Crippen LogP contribution is 2.30. The molecule has 0 aliphatic heterocycles. The number of urea groups is 1. The second kappa shape index (κ2) is 6.27. The minimum absolute atomic E-state index is 0.308. The lowest BCUT2D eigenvalue weighted by molar-refractivity contribution is -0.137. The van der Waals surface area contributed by atoms with Gasteiger partial charge in [-0.05, 0) is 37.0 Å². The van der Waals surface area contributed by atoms with Gasteiger partial charge in [0.25, 0.3) is 0 Å². The Kier molecular flexibility index (Phi) is 4.43. The first-order chi connectivity index (χ1) is 10.0. The smallest absolute Gasteiger partial charge is 0.324 e. The first-order valence-electron chi connectivity index (χ1n) is 6.76. The number of hydrogen-bond acceptors (Lipinski definition) is 3. The molecule has 1 saturated carbocycles. The summed E-state index contributed by atoms with van der Waals surface area (Å²) >= 11 is 0. The molecule has 0 spiro atoms. The number of benzene rings is 1. The maximum absolute atomic E-state index is 12.4. The van der Waals surface area contributed by atoms with E-state index in [1.807, 2.05) is 6.07 Å². The molecule has 6 heteroatoms. The van der Waals surface area contributed by atoms with Gasteiger partial charge in [0.15, 0.2) is 0 Å². The number of carboxylic acid groups (broad SMARTS) is 1. The molecule has 2 amide bonds. The van der Waals surface area contributed by atoms with Crippen LogP contribution in [0.3, 0.4) is 0 Å². The van der Waals surface area contributed by atoms with Gasteiger partial charge in [-0.1, -0.05) is 6.07 Å². The monoisotopic (exact) mass is 287 g/mol. The van der Waals surface area contributed by atoms with E-state index in [1.165, 1.54) is 9.80 Å². The van der Waals surface area contributed by atoms with Crippen LogP contribution in [-0.4, -0.2) is 42.1 Å². The maximum Gasteiger partial charge on any atom is 0.324 e. The Morgan fingerprint density at radius 3 is 2.71 bits per heavy atom. The van der Waals surface area contributed by atoms with Gasteiger partial charge in [-0.25, -0.2) is 4.79 Å². The summed E-state index contributed by atoms with van der Waals surface area (Å²) in [5.41, 5.74) is 1.03. The molecular formula is C15H17N3O3. The quantitative estimate of drug-likeness (QED) is 0.896. The maximum atomic E-state index is 12.4. The van der Waals surface area contributed by atoms with Gasteiger partial charge in [0.05, 0.1) is 11.6 Å². The van der Waals surface area contributed by atoms with Crippen LogP contribution in [0.1, 0.15) is 18.4 Å². The van der Waals surface area contributed by atoms with Crippen molar-refractivity contribution >= 4 is 17.7 Å². The topological polar surface area (TPSA) is 84.6 Å². The van der Waals surface area contributed by atoms with Crippen molar-refractivity contribution in [3.8, 4) is 6.07 Å². The van der Waals surface area contributed by atoms with E-state index in [-0.39, 0.29) is 12.6 Å². The largest absolute Gasteiger partial charge is 0.480 e. The van der Waals surface area contributed by atoms with Crippen LogP contribution in [0, 0.1) is 17.2 Å². The summed E-state index contributed by atoms with van der Waals surface area (Å²) in [6.45, 7) is 0.158. The molecule has 2 rings (SSSR count). The molecule has 1 aromatic carbocycles. The van der Waals surface area contributed by atoms with Crippen molar-refractivity contribution < 1.29 is 14.7 Å². The highest BCUT2D eigenvalue weighted by atomic mass is 16.4. The third-order valence-corrected chi connectivity index (χ3v) is 3.42. The van der Waals surface area contributed by atoms with Crippen LogP contribution in [0.25, 0.3) is 0 Å². The number of rotatable bonds is 5. The number of aliphatic carboxylic acids is 1. The van der Waals surface area contributed by atoms with Crippen LogP contribution in [0.5, 0.6) is 0 Å². The Balaban J connectivity index is 2.13. The van der Waals surface area contributed by atoms with E-state index in [2.05, 4.69) is 0 Å². The number of hydrogen-bond donors (Lipinski definition) is 1. The number of nitriles is 1. The van der Waals surface area contributed by atoms with E-state index in [0.717, 1.165) is 12.8 Å². The number of carboxylic acids is 1. The van der Waals surface area contributed by atoms with E-state index in [0.29, 0.717) is 23.7 Å². The molecule has 1 aliphatic carbocycles. The van der Waals surface area contributed by atoms with Crippen LogP contribution in [-0.2, 0) is 4.79 Å². The molecule has 0 radical (unpaired) electrons. The summed E-state index contributed by atoms with van der Waals surface area (Å²) in [6.07, 6.45) is 2.08. The van der Waals surface area contributed by atoms with Crippen molar-refractivity contribution in [3.05, 3.63) is 29.8 Å². The minimum atomic E-state index is -1.02. The van der Waals surface area contributed by atoms with Crippen molar-refractivity contribution in [1.29, 1.82) is 5.26 Å². The Morgan fingerprint density at radius 1 is 1.43 bits per heavy atom. The summed E-state index contributed by atoms with van der Waals surface area (Å²) in [7, 11) is 1.58. The Morgan fingerprint density at radius 2 is 2.14 bits per heavy atom. The predicted molar refractivity (Wildman–Crippen MR) is 76.9 cm³/mol. The fraction of sp³-hybridized carbons (Fsp3) is 0.400. The van der Waals surface area contributed by atoms with Crippen molar-refractivity contribution in [2.24, 2.45) is 5.92 Å². The number of nitrogens with zero attached hydrogens (tertiary/aromatic N) is 3. The summed E-state index contributed by atoms with van der Waals surface area (Å²) in [5.74, 6) is -0.615. The van der Waals surface area contributed by atoms with E-state index < -0.39 is 5.97 Å². The van der Waals surface area contributed by atoms with E-state index in [9.17, 15) is 9.59 Å². The minimum Gasteiger partial charge on any atom is -0.480 e. The standard InChI is InChI=1S/C15H17N3O3/c1-17(13-4-2-3-12(7-13)8-16)15(21)18(10-14(19)20)9-11-5-6-11/h2-4,7,11H,5-6,9-10H2,1H3,(H,19,20). The fourth-order valence-corrected chi connectivity index (χ4v) is 2.09. The van der Waals surface area contributed by atoms with Gasteiger partial charge in [0.1, 0.15) is 6.54 Å². The van der Waals surface area contributed by atoms with Crippen LogP contribution >= 0.6 is 0 Å². The normalized spacial score (nSPS) is 13.3. The SMILES string of the molecule is CN(C(=O)N(CC(=O)O)CC1CC1)c1cccc(C#N)c1. The summed E-state index contributed by atoms with van der Waals surface area (Å²) in [5, 5.41) is 17.8. The van der Waals surface area contributed by atoms with E-state index in [1.54, 1.807) is 31.3 Å². The molecule has 1 aliphatic rings. The lowest BCUT2D eigenvalue weighted by Crippen LogP contribution is -2.44. The molecule has 0 heterocycles. The molecule has 110 valence electrons. The molecule has 0 aromatic heterocycles. The summed E-state index contributed by atoms with van der Waals surface area (Å²) in [6, 6.07) is 8.33. The Hall–Kier alpha value is -2.55. The van der Waals surface area contributed by atoms with Crippen LogP contribution in [0.4, 0.5) is 10.5 Å². The van der Waals surface area contributed by atoms with Crippen molar-refractivity contribution in [2.75, 3.05) is 25.0 Å². The summed E-state index contributed by atoms with van der Waals surface area (Å²) in [4.78, 5) is 26.1. The number of carbonyl (C=O) groups is 2. The molecule has 1 aromatic rings. The second-order valence-electron chi connectivity index (χ2n) is 5.22. The first-order valence-corrected chi connectivity index (χ1v) is 6.76. The van der Waals surface area contributed by atoms with Crippen molar-refractivity contribution in [3.63, 3.8) is 0 Å². The average molecular weight is 287 g/mol. The van der Waals surface area contributed by atoms with Gasteiger partial charge in [-0.3, -0.25) is 9.69 Å². The first kappa shape index (κ1) is 14.9. The molecule has 0 bridgehead atoms. The zero-order valence-electron chi connectivity index (χ0n) is 11.8. The molecule has 6 nitrogen and oxygen atoms in total. The van der Waals surface area contributed by atoms with Crippen molar-refractivity contribution in [1.82, 2.24) is 4.90 Å². The van der Waals surface area contributed by atoms with Crippen molar-refractivity contribution in [2.45, 2.75) is 12.8 Å². The van der Waals surface area contributed by atoms with Gasteiger partial charge >= 0.3 is 12.0 Å². The molecule has 0 saturated heterocycles. The average Bonchev–Trinajstić information content (AvgIpc) is 3.28. The highest BCUT2D eigenvalue weighted by molar-refractivity contribution is 5.93. The molecule has 1 N–H and O–H groups in total. The van der Waals surface area contributed by atoms with Gasteiger partial charge < -0.3 is 10.0 Å². The number of amides is 2. The van der Waals surface area contributed by atoms with E-state index in [4.69, 9.17) is 10.4 Å². The highest BCUT2D eigenvalue weighted by Gasteiger charge is 2.29. The van der Waals surface area contributed by atoms with Gasteiger partial charge in [0.2, 0.25) is 0 Å². The zero-order chi connectivity index (χ0) is 15.4. The van der Waals surface area contributed by atoms with E-state index >= 15 is 0 Å². The van der Waals surface area contributed by atoms with Crippen LogP contribution < -0.4 is 4.90 Å². The lowest BCUT2D eigenvalue weighted by atomic mass is 10.2. The third kappa shape index (κ3) is 3.96.